The second-order valence-electron chi connectivity index (χ2n) is 6.67. The third kappa shape index (κ3) is 5.33. The summed E-state index contributed by atoms with van der Waals surface area (Å²) in [5.41, 5.74) is 0. The largest absolute Gasteiger partial charge is 0.442 e. The predicted molar refractivity (Wildman–Crippen MR) is 85.3 cm³/mol. The minimum absolute atomic E-state index is 0.0319. The topological polar surface area (TPSA) is 41.9 Å². The maximum atomic E-state index is 12.1. The van der Waals surface area contributed by atoms with Gasteiger partial charge in [-0.1, -0.05) is 26.7 Å². The maximum absolute atomic E-state index is 12.1. The van der Waals surface area contributed by atoms with Crippen molar-refractivity contribution < 1.29 is 9.53 Å². The number of carbonyl (C=O) groups excluding carboxylic acids is 1. The number of amidine groups is 1. The summed E-state index contributed by atoms with van der Waals surface area (Å²) in [7, 11) is 0. The summed E-state index contributed by atoms with van der Waals surface area (Å²) < 4.78 is 5.75. The van der Waals surface area contributed by atoms with Gasteiger partial charge in [-0.15, -0.1) is 0 Å². The Kier molecular flexibility index (Phi) is 6.52. The lowest BCUT2D eigenvalue weighted by Gasteiger charge is -2.34. The van der Waals surface area contributed by atoms with Gasteiger partial charge in [0.2, 0.25) is 0 Å². The molecule has 0 aromatic heterocycles. The minimum Gasteiger partial charge on any atom is -0.442 e. The number of aliphatic imine (C=N–C) groups is 1. The number of hydrogen-bond acceptors (Lipinski definition) is 4. The Morgan fingerprint density at radius 3 is 3.00 bits per heavy atom. The number of nitrogens with zero attached hydrogens (tertiary/aromatic N) is 2. The van der Waals surface area contributed by atoms with Crippen LogP contribution in [0.3, 0.4) is 0 Å². The number of hydrogen-bond donors (Lipinski definition) is 0. The molecule has 1 fully saturated rings. The van der Waals surface area contributed by atoms with E-state index < -0.39 is 0 Å². The average Bonchev–Trinajstić information content (AvgIpc) is 2.66. The molecular weight excluding hydrogens is 264 g/mol. The highest BCUT2D eigenvalue weighted by molar-refractivity contribution is 5.83. The molecule has 0 N–H and O–H groups in total. The van der Waals surface area contributed by atoms with E-state index in [1.165, 1.54) is 6.42 Å². The molecule has 1 atom stereocenters. The molecule has 0 amide bonds. The van der Waals surface area contributed by atoms with E-state index in [4.69, 9.17) is 4.74 Å². The summed E-state index contributed by atoms with van der Waals surface area (Å²) >= 11 is 0. The second-order valence-corrected chi connectivity index (χ2v) is 6.67. The Morgan fingerprint density at radius 1 is 1.33 bits per heavy atom. The number of ether oxygens (including phenoxy) is 1. The molecular formula is C17H30N2O2. The van der Waals surface area contributed by atoms with Gasteiger partial charge in [-0.25, -0.2) is 0 Å². The first kappa shape index (κ1) is 16.3. The summed E-state index contributed by atoms with van der Waals surface area (Å²) in [4.78, 5) is 18.9. The minimum atomic E-state index is -0.0656. The molecule has 2 aliphatic heterocycles. The lowest BCUT2D eigenvalue weighted by molar-refractivity contribution is -0.156. The summed E-state index contributed by atoms with van der Waals surface area (Å²) in [6, 6.07) is 0. The Hall–Kier alpha value is -1.06. The van der Waals surface area contributed by atoms with Crippen LogP contribution in [-0.4, -0.2) is 36.0 Å². The Morgan fingerprint density at radius 2 is 2.19 bits per heavy atom. The van der Waals surface area contributed by atoms with Crippen molar-refractivity contribution in [2.45, 2.75) is 77.9 Å². The molecule has 4 nitrogen and oxygen atoms in total. The van der Waals surface area contributed by atoms with Crippen LogP contribution in [0.15, 0.2) is 4.99 Å². The summed E-state index contributed by atoms with van der Waals surface area (Å²) in [5, 5.41) is 0. The van der Waals surface area contributed by atoms with Crippen molar-refractivity contribution in [3.8, 4) is 0 Å². The first-order chi connectivity index (χ1) is 10.2. The van der Waals surface area contributed by atoms with Gasteiger partial charge < -0.3 is 9.64 Å². The quantitative estimate of drug-likeness (QED) is 0.553. The molecule has 0 saturated carbocycles. The number of rotatable bonds is 6. The van der Waals surface area contributed by atoms with Gasteiger partial charge in [0.1, 0.15) is 5.84 Å². The first-order valence-corrected chi connectivity index (χ1v) is 8.66. The highest BCUT2D eigenvalue weighted by Gasteiger charge is 2.28. The van der Waals surface area contributed by atoms with E-state index in [9.17, 15) is 4.79 Å². The lowest BCUT2D eigenvalue weighted by Crippen LogP contribution is -2.44. The standard InChI is InChI=1S/C17H30N2O2/c1-14(2)8-3-6-11-17(20)21-16-10-5-4-9-15-18-12-7-13-19(15)16/h14,16H,3-13H2,1-2H3. The lowest BCUT2D eigenvalue weighted by atomic mass is 10.1. The SMILES string of the molecule is CC(C)CCCCC(=O)OC1CCCCC2=NCCCN21. The van der Waals surface area contributed by atoms with Gasteiger partial charge in [-0.2, -0.15) is 0 Å². The maximum Gasteiger partial charge on any atom is 0.307 e. The summed E-state index contributed by atoms with van der Waals surface area (Å²) in [5.74, 6) is 1.85. The molecule has 0 bridgehead atoms. The van der Waals surface area contributed by atoms with Crippen LogP contribution in [0, 0.1) is 5.92 Å². The van der Waals surface area contributed by atoms with Gasteiger partial charge >= 0.3 is 5.97 Å². The molecule has 0 spiro atoms. The second kappa shape index (κ2) is 8.40. The van der Waals surface area contributed by atoms with Gasteiger partial charge in [0, 0.05) is 32.4 Å². The molecule has 21 heavy (non-hydrogen) atoms. The zero-order valence-corrected chi connectivity index (χ0v) is 13.6. The van der Waals surface area contributed by atoms with Gasteiger partial charge in [-0.05, 0) is 31.6 Å². The predicted octanol–water partition coefficient (Wildman–Crippen LogP) is 3.75. The van der Waals surface area contributed by atoms with Gasteiger partial charge in [0.05, 0.1) is 0 Å². The van der Waals surface area contributed by atoms with Crippen molar-refractivity contribution in [2.75, 3.05) is 13.1 Å². The molecule has 2 heterocycles. The van der Waals surface area contributed by atoms with Crippen molar-refractivity contribution >= 4 is 11.8 Å². The number of carbonyl (C=O) groups is 1. The first-order valence-electron chi connectivity index (χ1n) is 8.66. The molecule has 0 aromatic carbocycles. The highest BCUT2D eigenvalue weighted by atomic mass is 16.6. The van der Waals surface area contributed by atoms with Crippen LogP contribution >= 0.6 is 0 Å². The number of unbranched alkanes of at least 4 members (excludes halogenated alkanes) is 1. The third-order valence-corrected chi connectivity index (χ3v) is 4.31. The highest BCUT2D eigenvalue weighted by Crippen LogP contribution is 2.23. The van der Waals surface area contributed by atoms with Crippen molar-refractivity contribution in [1.29, 1.82) is 0 Å². The molecule has 4 heteroatoms. The van der Waals surface area contributed by atoms with E-state index in [2.05, 4.69) is 23.7 Å². The fourth-order valence-corrected chi connectivity index (χ4v) is 3.11. The molecule has 120 valence electrons. The van der Waals surface area contributed by atoms with E-state index in [-0.39, 0.29) is 12.2 Å². The van der Waals surface area contributed by atoms with Crippen LogP contribution in [0.1, 0.15) is 71.6 Å². The van der Waals surface area contributed by atoms with E-state index in [0.717, 1.165) is 69.8 Å². The van der Waals surface area contributed by atoms with Crippen molar-refractivity contribution in [2.24, 2.45) is 10.9 Å². The molecule has 0 radical (unpaired) electrons. The Labute approximate surface area is 128 Å². The van der Waals surface area contributed by atoms with E-state index in [1.807, 2.05) is 0 Å². The molecule has 1 unspecified atom stereocenters. The van der Waals surface area contributed by atoms with E-state index >= 15 is 0 Å². The normalized spacial score (nSPS) is 22.5. The molecule has 2 aliphatic rings. The van der Waals surface area contributed by atoms with Crippen LogP contribution in [0.4, 0.5) is 0 Å². The van der Waals surface area contributed by atoms with Crippen molar-refractivity contribution in [3.05, 3.63) is 0 Å². The van der Waals surface area contributed by atoms with Gasteiger partial charge in [-0.3, -0.25) is 9.79 Å². The van der Waals surface area contributed by atoms with E-state index in [1.54, 1.807) is 0 Å². The fraction of sp³-hybridized carbons (Fsp3) is 0.882. The summed E-state index contributed by atoms with van der Waals surface area (Å²) in [6.45, 7) is 6.37. The Balaban J connectivity index is 1.78. The van der Waals surface area contributed by atoms with Gasteiger partial charge in [0.15, 0.2) is 6.23 Å². The summed E-state index contributed by atoms with van der Waals surface area (Å²) in [6.07, 6.45) is 9.12. The number of esters is 1. The third-order valence-electron chi connectivity index (χ3n) is 4.31. The zero-order chi connectivity index (χ0) is 15.1. The van der Waals surface area contributed by atoms with Crippen molar-refractivity contribution in [1.82, 2.24) is 4.90 Å². The average molecular weight is 294 g/mol. The van der Waals surface area contributed by atoms with Crippen LogP contribution < -0.4 is 0 Å². The molecule has 2 rings (SSSR count). The monoisotopic (exact) mass is 294 g/mol. The van der Waals surface area contributed by atoms with E-state index in [0.29, 0.717) is 6.42 Å². The number of fused-ring (bicyclic) bond motifs is 1. The zero-order valence-electron chi connectivity index (χ0n) is 13.6. The fourth-order valence-electron chi connectivity index (χ4n) is 3.11. The molecule has 0 aromatic rings. The smallest absolute Gasteiger partial charge is 0.307 e. The molecule has 0 aliphatic carbocycles. The van der Waals surface area contributed by atoms with Crippen LogP contribution in [0.2, 0.25) is 0 Å². The van der Waals surface area contributed by atoms with Gasteiger partial charge in [0.25, 0.3) is 0 Å². The Bertz CT molecular complexity index is 366. The van der Waals surface area contributed by atoms with Crippen molar-refractivity contribution in [3.63, 3.8) is 0 Å². The van der Waals surface area contributed by atoms with Crippen LogP contribution in [-0.2, 0) is 9.53 Å². The van der Waals surface area contributed by atoms with Crippen LogP contribution in [0.5, 0.6) is 0 Å². The van der Waals surface area contributed by atoms with Crippen LogP contribution in [0.25, 0.3) is 0 Å². The molecule has 1 saturated heterocycles.